The highest BCUT2D eigenvalue weighted by Crippen LogP contribution is 2.47. The lowest BCUT2D eigenvalue weighted by Crippen LogP contribution is -2.19. The predicted octanol–water partition coefficient (Wildman–Crippen LogP) is 5.70. The first-order chi connectivity index (χ1) is 14.6. The molecule has 1 aromatic heterocycles. The molecule has 1 aliphatic rings. The van der Waals surface area contributed by atoms with Gasteiger partial charge in [0.1, 0.15) is 4.88 Å². The molecular weight excluding hydrogens is 416 g/mol. The van der Waals surface area contributed by atoms with Gasteiger partial charge in [-0.1, -0.05) is 41.3 Å². The van der Waals surface area contributed by atoms with Gasteiger partial charge in [-0.15, -0.1) is 0 Å². The van der Waals surface area contributed by atoms with Crippen LogP contribution in [0, 0.1) is 6.92 Å². The molecule has 6 nitrogen and oxygen atoms in total. The van der Waals surface area contributed by atoms with Crippen molar-refractivity contribution >= 4 is 51.8 Å². The molecule has 0 amide bonds. The number of fused-ring (bicyclic) bond motifs is 2. The van der Waals surface area contributed by atoms with Crippen LogP contribution in [-0.4, -0.2) is 30.3 Å². The lowest BCUT2D eigenvalue weighted by atomic mass is 10.1. The lowest BCUT2D eigenvalue weighted by Gasteiger charge is -2.31. The Hall–Kier alpha value is -2.84. The van der Waals surface area contributed by atoms with Crippen molar-refractivity contribution in [1.29, 1.82) is 0 Å². The molecule has 0 spiro atoms. The third-order valence-electron chi connectivity index (χ3n) is 4.60. The van der Waals surface area contributed by atoms with Gasteiger partial charge in [0.05, 0.1) is 29.9 Å². The number of hydrazone groups is 1. The minimum Gasteiger partial charge on any atom is -0.462 e. The molecule has 0 atom stereocenters. The number of carbonyl (C=O) groups is 1. The summed E-state index contributed by atoms with van der Waals surface area (Å²) in [6.07, 6.45) is 1.76. The van der Waals surface area contributed by atoms with Crippen LogP contribution in [0.15, 0.2) is 57.4 Å². The van der Waals surface area contributed by atoms with E-state index in [0.29, 0.717) is 22.3 Å². The third-order valence-corrected chi connectivity index (χ3v) is 6.75. The van der Waals surface area contributed by atoms with Crippen molar-refractivity contribution in [2.24, 2.45) is 5.10 Å². The molecule has 0 fully saturated rings. The summed E-state index contributed by atoms with van der Waals surface area (Å²) in [7, 11) is 0. The van der Waals surface area contributed by atoms with E-state index in [1.165, 1.54) is 32.5 Å². The molecule has 3 aromatic rings. The van der Waals surface area contributed by atoms with Gasteiger partial charge < -0.3 is 9.64 Å². The molecule has 154 valence electrons. The summed E-state index contributed by atoms with van der Waals surface area (Å²) in [5.74, 6) is -0.350. The zero-order chi connectivity index (χ0) is 21.1. The number of anilines is 3. The summed E-state index contributed by atoms with van der Waals surface area (Å²) in [5, 5.41) is 4.86. The van der Waals surface area contributed by atoms with Crippen molar-refractivity contribution in [3.8, 4) is 0 Å². The van der Waals surface area contributed by atoms with Gasteiger partial charge in [0, 0.05) is 16.3 Å². The number of carbonyl (C=O) groups excluding carboxylic acids is 1. The fourth-order valence-electron chi connectivity index (χ4n) is 3.26. The second-order valence-corrected chi connectivity index (χ2v) is 8.65. The van der Waals surface area contributed by atoms with Crippen molar-refractivity contribution in [3.05, 3.63) is 58.6 Å². The topological polar surface area (TPSA) is 66.8 Å². The van der Waals surface area contributed by atoms with E-state index in [1.807, 2.05) is 0 Å². The normalized spacial score (nSPS) is 12.6. The number of ether oxygens (including phenoxy) is 1. The van der Waals surface area contributed by atoms with E-state index >= 15 is 0 Å². The average Bonchev–Trinajstić information content (AvgIpc) is 3.12. The zero-order valence-corrected chi connectivity index (χ0v) is 18.6. The SMILES string of the molecule is CCOC(=O)c1sc(N/N=C/c2ccc3c(c2)Sc2ccccc2N3CC)nc1C. The summed E-state index contributed by atoms with van der Waals surface area (Å²) in [6, 6.07) is 14.8. The highest BCUT2D eigenvalue weighted by Gasteiger charge is 2.22. The predicted molar refractivity (Wildman–Crippen MR) is 124 cm³/mol. The largest absolute Gasteiger partial charge is 0.462 e. The smallest absolute Gasteiger partial charge is 0.350 e. The van der Waals surface area contributed by atoms with Crippen LogP contribution in [0.25, 0.3) is 0 Å². The number of hydrogen-bond donors (Lipinski definition) is 1. The maximum atomic E-state index is 11.9. The fraction of sp³-hybridized carbons (Fsp3) is 0.227. The van der Waals surface area contributed by atoms with E-state index in [1.54, 1.807) is 31.8 Å². The Morgan fingerprint density at radius 3 is 2.80 bits per heavy atom. The standard InChI is InChI=1S/C22H22N4O2S2/c1-4-26-16-8-6-7-9-18(16)29-19-12-15(10-11-17(19)26)13-23-25-22-24-14(3)20(30-22)21(27)28-5-2/h6-13H,4-5H2,1-3H3,(H,24,25)/b23-13+. The Morgan fingerprint density at radius 1 is 1.20 bits per heavy atom. The first-order valence-corrected chi connectivity index (χ1v) is 11.4. The van der Waals surface area contributed by atoms with E-state index in [-0.39, 0.29) is 5.97 Å². The molecule has 1 aliphatic heterocycles. The Bertz CT molecular complexity index is 1110. The number of aromatic nitrogens is 1. The van der Waals surface area contributed by atoms with Gasteiger partial charge in [0.2, 0.25) is 5.13 Å². The van der Waals surface area contributed by atoms with Crippen LogP contribution in [-0.2, 0) is 4.74 Å². The minimum absolute atomic E-state index is 0.341. The van der Waals surface area contributed by atoms with Crippen LogP contribution < -0.4 is 10.3 Å². The molecule has 0 bridgehead atoms. The molecule has 0 unspecified atom stereocenters. The van der Waals surface area contributed by atoms with Crippen LogP contribution in [0.4, 0.5) is 16.5 Å². The molecule has 30 heavy (non-hydrogen) atoms. The average molecular weight is 439 g/mol. The highest BCUT2D eigenvalue weighted by molar-refractivity contribution is 7.99. The van der Waals surface area contributed by atoms with Crippen LogP contribution in [0.1, 0.15) is 34.8 Å². The Labute approximate surface area is 184 Å². The number of nitrogens with one attached hydrogen (secondary N) is 1. The maximum Gasteiger partial charge on any atom is 0.350 e. The summed E-state index contributed by atoms with van der Waals surface area (Å²) < 4.78 is 5.05. The number of esters is 1. The molecule has 0 radical (unpaired) electrons. The number of aryl methyl sites for hydroxylation is 1. The van der Waals surface area contributed by atoms with Crippen LogP contribution in [0.3, 0.4) is 0 Å². The molecule has 0 saturated carbocycles. The molecule has 4 rings (SSSR count). The fourth-order valence-corrected chi connectivity index (χ4v) is 5.22. The van der Waals surface area contributed by atoms with E-state index in [4.69, 9.17) is 4.74 Å². The molecule has 2 aromatic carbocycles. The molecule has 1 N–H and O–H groups in total. The monoisotopic (exact) mass is 438 g/mol. The maximum absolute atomic E-state index is 11.9. The summed E-state index contributed by atoms with van der Waals surface area (Å²) in [5.41, 5.74) is 7.00. The van der Waals surface area contributed by atoms with Crippen molar-refractivity contribution < 1.29 is 9.53 Å². The van der Waals surface area contributed by atoms with E-state index in [9.17, 15) is 4.79 Å². The first-order valence-electron chi connectivity index (χ1n) is 9.72. The van der Waals surface area contributed by atoms with Gasteiger partial charge in [-0.3, -0.25) is 5.43 Å². The van der Waals surface area contributed by atoms with Crippen LogP contribution >= 0.6 is 23.1 Å². The number of nitrogens with zero attached hydrogens (tertiary/aromatic N) is 3. The van der Waals surface area contributed by atoms with Gasteiger partial charge in [0.25, 0.3) is 0 Å². The van der Waals surface area contributed by atoms with Crippen molar-refractivity contribution in [2.75, 3.05) is 23.5 Å². The van der Waals surface area contributed by atoms with Gasteiger partial charge >= 0.3 is 5.97 Å². The Kier molecular flexibility index (Phi) is 6.06. The lowest BCUT2D eigenvalue weighted by molar-refractivity contribution is 0.0531. The summed E-state index contributed by atoms with van der Waals surface area (Å²) in [4.78, 5) is 21.6. The van der Waals surface area contributed by atoms with Crippen molar-refractivity contribution in [1.82, 2.24) is 4.98 Å². The number of para-hydroxylation sites is 1. The van der Waals surface area contributed by atoms with Crippen molar-refractivity contribution in [3.63, 3.8) is 0 Å². The highest BCUT2D eigenvalue weighted by atomic mass is 32.2. The minimum atomic E-state index is -0.350. The molecule has 2 heterocycles. The third kappa shape index (κ3) is 4.06. The molecule has 8 heteroatoms. The molecule has 0 aliphatic carbocycles. The number of hydrogen-bond acceptors (Lipinski definition) is 8. The van der Waals surface area contributed by atoms with Gasteiger partial charge in [-0.25, -0.2) is 9.78 Å². The second-order valence-electron chi connectivity index (χ2n) is 6.57. The molecule has 0 saturated heterocycles. The van der Waals surface area contributed by atoms with Crippen LogP contribution in [0.2, 0.25) is 0 Å². The number of benzene rings is 2. The van der Waals surface area contributed by atoms with Crippen molar-refractivity contribution in [2.45, 2.75) is 30.6 Å². The van der Waals surface area contributed by atoms with Crippen LogP contribution in [0.5, 0.6) is 0 Å². The number of rotatable bonds is 6. The zero-order valence-electron chi connectivity index (χ0n) is 17.0. The summed E-state index contributed by atoms with van der Waals surface area (Å²) in [6.45, 7) is 6.98. The Morgan fingerprint density at radius 2 is 2.00 bits per heavy atom. The van der Waals surface area contributed by atoms with Gasteiger partial charge in [-0.05, 0) is 50.6 Å². The second kappa shape index (κ2) is 8.89. The number of thiazole rings is 1. The van der Waals surface area contributed by atoms with Gasteiger partial charge in [0.15, 0.2) is 0 Å². The summed E-state index contributed by atoms with van der Waals surface area (Å²) >= 11 is 3.01. The first kappa shape index (κ1) is 20.4. The van der Waals surface area contributed by atoms with E-state index in [0.717, 1.165) is 12.1 Å². The van der Waals surface area contributed by atoms with Gasteiger partial charge in [-0.2, -0.15) is 5.10 Å². The van der Waals surface area contributed by atoms with E-state index in [2.05, 4.69) is 69.8 Å². The Balaban J connectivity index is 1.50. The molecular formula is C22H22N4O2S2. The van der Waals surface area contributed by atoms with E-state index < -0.39 is 0 Å². The quantitative estimate of drug-likeness (QED) is 0.303.